The standard InChI is InChI=1S/C20H20N2O4S/c1-15-9-11-18(12-10-15)27(24,25)22(14-16(2)20(23)26-3)19(13-21)17-7-5-4-6-8-17/h4-12,19H,2,14H2,1,3H3. The third kappa shape index (κ3) is 4.61. The number of hydrogen-bond donors (Lipinski definition) is 0. The molecule has 0 saturated heterocycles. The van der Waals surface area contributed by atoms with E-state index in [0.29, 0.717) is 5.56 Å². The van der Waals surface area contributed by atoms with Gasteiger partial charge in [0.1, 0.15) is 6.04 Å². The zero-order valence-corrected chi connectivity index (χ0v) is 15.9. The molecule has 0 radical (unpaired) electrons. The van der Waals surface area contributed by atoms with Crippen molar-refractivity contribution in [3.63, 3.8) is 0 Å². The van der Waals surface area contributed by atoms with E-state index in [-0.39, 0.29) is 17.0 Å². The minimum atomic E-state index is -4.07. The van der Waals surface area contributed by atoms with Crippen molar-refractivity contribution in [2.75, 3.05) is 13.7 Å². The van der Waals surface area contributed by atoms with Gasteiger partial charge in [-0.25, -0.2) is 13.2 Å². The number of aryl methyl sites for hydroxylation is 1. The van der Waals surface area contributed by atoms with E-state index in [9.17, 15) is 18.5 Å². The molecule has 2 aromatic rings. The number of hydrogen-bond acceptors (Lipinski definition) is 5. The number of nitriles is 1. The van der Waals surface area contributed by atoms with Gasteiger partial charge in [-0.15, -0.1) is 0 Å². The average Bonchev–Trinajstić information content (AvgIpc) is 2.68. The molecule has 0 aliphatic carbocycles. The summed E-state index contributed by atoms with van der Waals surface area (Å²) in [6.07, 6.45) is 0. The smallest absolute Gasteiger partial charge is 0.334 e. The molecule has 140 valence electrons. The fourth-order valence-corrected chi connectivity index (χ4v) is 4.02. The summed E-state index contributed by atoms with van der Waals surface area (Å²) in [6.45, 7) is 5.08. The maximum absolute atomic E-state index is 13.2. The van der Waals surface area contributed by atoms with E-state index in [1.807, 2.05) is 13.0 Å². The van der Waals surface area contributed by atoms with Gasteiger partial charge in [-0.2, -0.15) is 9.57 Å². The van der Waals surface area contributed by atoms with Gasteiger partial charge < -0.3 is 4.74 Å². The highest BCUT2D eigenvalue weighted by atomic mass is 32.2. The third-order valence-corrected chi connectivity index (χ3v) is 5.80. The Bertz CT molecular complexity index is 961. The molecule has 0 spiro atoms. The molecule has 27 heavy (non-hydrogen) atoms. The lowest BCUT2D eigenvalue weighted by atomic mass is 10.1. The van der Waals surface area contributed by atoms with Gasteiger partial charge in [0.25, 0.3) is 0 Å². The molecule has 2 aromatic carbocycles. The Morgan fingerprint density at radius 1 is 1.19 bits per heavy atom. The summed E-state index contributed by atoms with van der Waals surface area (Å²) >= 11 is 0. The minimum Gasteiger partial charge on any atom is -0.466 e. The van der Waals surface area contributed by atoms with E-state index in [0.717, 1.165) is 9.87 Å². The van der Waals surface area contributed by atoms with Crippen LogP contribution < -0.4 is 0 Å². The Morgan fingerprint density at radius 2 is 1.78 bits per heavy atom. The summed E-state index contributed by atoms with van der Waals surface area (Å²) in [6, 6.07) is 15.7. The second-order valence-electron chi connectivity index (χ2n) is 5.90. The summed E-state index contributed by atoms with van der Waals surface area (Å²) in [5.74, 6) is -0.733. The van der Waals surface area contributed by atoms with Crippen molar-refractivity contribution in [2.45, 2.75) is 17.9 Å². The third-order valence-electron chi connectivity index (χ3n) is 3.97. The summed E-state index contributed by atoms with van der Waals surface area (Å²) < 4.78 is 32.1. The van der Waals surface area contributed by atoms with E-state index in [1.54, 1.807) is 42.5 Å². The number of esters is 1. The second-order valence-corrected chi connectivity index (χ2v) is 7.79. The van der Waals surface area contributed by atoms with Crippen molar-refractivity contribution < 1.29 is 17.9 Å². The van der Waals surface area contributed by atoms with Crippen molar-refractivity contribution in [3.8, 4) is 6.07 Å². The van der Waals surface area contributed by atoms with Gasteiger partial charge in [-0.1, -0.05) is 54.6 Å². The van der Waals surface area contributed by atoms with E-state index in [1.165, 1.54) is 19.2 Å². The van der Waals surface area contributed by atoms with Gasteiger partial charge in [0.05, 0.1) is 18.1 Å². The van der Waals surface area contributed by atoms with Crippen LogP contribution in [0.1, 0.15) is 17.2 Å². The zero-order chi connectivity index (χ0) is 20.0. The Hall–Kier alpha value is -2.95. The van der Waals surface area contributed by atoms with E-state index < -0.39 is 22.0 Å². The molecular weight excluding hydrogens is 364 g/mol. The molecule has 0 bridgehead atoms. The summed E-state index contributed by atoms with van der Waals surface area (Å²) in [5, 5.41) is 9.71. The molecule has 0 amide bonds. The summed E-state index contributed by atoms with van der Waals surface area (Å²) in [4.78, 5) is 11.8. The first-order chi connectivity index (χ1) is 12.8. The molecule has 6 nitrogen and oxygen atoms in total. The maximum atomic E-state index is 13.2. The van der Waals surface area contributed by atoms with Gasteiger partial charge in [-0.3, -0.25) is 0 Å². The van der Waals surface area contributed by atoms with E-state index >= 15 is 0 Å². The molecule has 0 saturated carbocycles. The molecule has 1 atom stereocenters. The molecule has 0 aromatic heterocycles. The van der Waals surface area contributed by atoms with E-state index in [2.05, 4.69) is 11.3 Å². The first-order valence-corrected chi connectivity index (χ1v) is 9.54. The van der Waals surface area contributed by atoms with Crippen LogP contribution in [0.3, 0.4) is 0 Å². The average molecular weight is 384 g/mol. The predicted octanol–water partition coefficient (Wildman–Crippen LogP) is 2.98. The van der Waals surface area contributed by atoms with Crippen LogP contribution in [0.2, 0.25) is 0 Å². The summed E-state index contributed by atoms with van der Waals surface area (Å²) in [7, 11) is -2.89. The molecule has 0 aliphatic heterocycles. The predicted molar refractivity (Wildman–Crippen MR) is 101 cm³/mol. The number of carbonyl (C=O) groups excluding carboxylic acids is 1. The molecular formula is C20H20N2O4S. The van der Waals surface area contributed by atoms with Crippen LogP contribution in [0.5, 0.6) is 0 Å². The van der Waals surface area contributed by atoms with Crippen LogP contribution >= 0.6 is 0 Å². The highest BCUT2D eigenvalue weighted by molar-refractivity contribution is 7.89. The topological polar surface area (TPSA) is 87.5 Å². The molecule has 0 aliphatic rings. The molecule has 0 heterocycles. The Balaban J connectivity index is 2.55. The molecule has 0 N–H and O–H groups in total. The largest absolute Gasteiger partial charge is 0.466 e. The Labute approximate surface area is 159 Å². The van der Waals surface area contributed by atoms with Gasteiger partial charge in [-0.05, 0) is 24.6 Å². The van der Waals surface area contributed by atoms with Crippen molar-refractivity contribution in [1.29, 1.82) is 5.26 Å². The Kier molecular flexibility index (Phi) is 6.50. The van der Waals surface area contributed by atoms with Crippen LogP contribution in [-0.4, -0.2) is 32.3 Å². The number of nitrogens with zero attached hydrogens (tertiary/aromatic N) is 2. The Morgan fingerprint density at radius 3 is 2.30 bits per heavy atom. The van der Waals surface area contributed by atoms with Crippen molar-refractivity contribution in [2.24, 2.45) is 0 Å². The van der Waals surface area contributed by atoms with Crippen molar-refractivity contribution >= 4 is 16.0 Å². The SMILES string of the molecule is C=C(CN(C(C#N)c1ccccc1)S(=O)(=O)c1ccc(C)cc1)C(=O)OC. The fraction of sp³-hybridized carbons (Fsp3) is 0.200. The number of benzene rings is 2. The molecule has 0 fully saturated rings. The van der Waals surface area contributed by atoms with Crippen LogP contribution in [-0.2, 0) is 19.6 Å². The van der Waals surface area contributed by atoms with Crippen LogP contribution in [0.15, 0.2) is 71.6 Å². The molecule has 1 unspecified atom stereocenters. The molecule has 7 heteroatoms. The van der Waals surface area contributed by atoms with Crippen LogP contribution in [0, 0.1) is 18.3 Å². The van der Waals surface area contributed by atoms with Gasteiger partial charge in [0.2, 0.25) is 10.0 Å². The fourth-order valence-electron chi connectivity index (χ4n) is 2.50. The highest BCUT2D eigenvalue weighted by Gasteiger charge is 2.34. The first-order valence-electron chi connectivity index (χ1n) is 8.10. The quantitative estimate of drug-likeness (QED) is 0.541. The van der Waals surface area contributed by atoms with Gasteiger partial charge >= 0.3 is 5.97 Å². The van der Waals surface area contributed by atoms with Crippen LogP contribution in [0.25, 0.3) is 0 Å². The maximum Gasteiger partial charge on any atom is 0.334 e. The summed E-state index contributed by atoms with van der Waals surface area (Å²) in [5.41, 5.74) is 1.33. The number of sulfonamides is 1. The van der Waals surface area contributed by atoms with Gasteiger partial charge in [0.15, 0.2) is 0 Å². The first kappa shape index (κ1) is 20.4. The number of ether oxygens (including phenoxy) is 1. The minimum absolute atomic E-state index is 0.0296. The van der Waals surface area contributed by atoms with Crippen molar-refractivity contribution in [1.82, 2.24) is 4.31 Å². The number of methoxy groups -OCH3 is 1. The highest BCUT2D eigenvalue weighted by Crippen LogP contribution is 2.28. The molecule has 2 rings (SSSR count). The lowest BCUT2D eigenvalue weighted by Gasteiger charge is -2.27. The number of carbonyl (C=O) groups is 1. The normalized spacial score (nSPS) is 12.2. The van der Waals surface area contributed by atoms with E-state index in [4.69, 9.17) is 0 Å². The lowest BCUT2D eigenvalue weighted by Crippen LogP contribution is -2.37. The second kappa shape index (κ2) is 8.62. The van der Waals surface area contributed by atoms with Gasteiger partial charge in [0, 0.05) is 12.1 Å². The zero-order valence-electron chi connectivity index (χ0n) is 15.1. The van der Waals surface area contributed by atoms with Crippen molar-refractivity contribution in [3.05, 3.63) is 77.9 Å². The van der Waals surface area contributed by atoms with Crippen LogP contribution in [0.4, 0.5) is 0 Å². The lowest BCUT2D eigenvalue weighted by molar-refractivity contribution is -0.136. The monoisotopic (exact) mass is 384 g/mol. The number of rotatable bonds is 7.